The molecule has 6 heteroatoms. The van der Waals surface area contributed by atoms with Crippen LogP contribution in [0.4, 0.5) is 5.69 Å². The molecule has 0 saturated carbocycles. The highest BCUT2D eigenvalue weighted by Gasteiger charge is 2.31. The van der Waals surface area contributed by atoms with Crippen LogP contribution in [0.15, 0.2) is 67.0 Å². The summed E-state index contributed by atoms with van der Waals surface area (Å²) in [5.74, 6) is -1.00. The molecular formula is C23H17N2O4+. The van der Waals surface area contributed by atoms with Gasteiger partial charge in [-0.3, -0.25) is 19.2 Å². The zero-order chi connectivity index (χ0) is 20.5. The maximum atomic E-state index is 13.0. The summed E-state index contributed by atoms with van der Waals surface area (Å²) in [4.78, 5) is 49.9. The van der Waals surface area contributed by atoms with Crippen molar-refractivity contribution in [2.24, 2.45) is 0 Å². The monoisotopic (exact) mass is 385 g/mol. The second-order valence-corrected chi connectivity index (χ2v) is 6.80. The number of anilines is 1. The van der Waals surface area contributed by atoms with Gasteiger partial charge in [0.25, 0.3) is 5.91 Å². The SMILES string of the molecule is CC(=O)c1ccc[n+](CC(=O)Nc2cccc3c2C(=O)c2ccccc2C3=O)c1. The topological polar surface area (TPSA) is 84.2 Å². The van der Waals surface area contributed by atoms with E-state index in [4.69, 9.17) is 0 Å². The van der Waals surface area contributed by atoms with E-state index in [9.17, 15) is 19.2 Å². The Bertz CT molecular complexity index is 1200. The van der Waals surface area contributed by atoms with Crippen LogP contribution in [0.3, 0.4) is 0 Å². The Hall–Kier alpha value is -3.93. The molecule has 1 aliphatic carbocycles. The van der Waals surface area contributed by atoms with E-state index < -0.39 is 0 Å². The van der Waals surface area contributed by atoms with Gasteiger partial charge in [-0.15, -0.1) is 0 Å². The highest BCUT2D eigenvalue weighted by Crippen LogP contribution is 2.31. The lowest BCUT2D eigenvalue weighted by Gasteiger charge is -2.20. The predicted molar refractivity (Wildman–Crippen MR) is 105 cm³/mol. The first kappa shape index (κ1) is 18.4. The molecule has 1 amide bonds. The van der Waals surface area contributed by atoms with Crippen molar-refractivity contribution in [1.82, 2.24) is 0 Å². The summed E-state index contributed by atoms with van der Waals surface area (Å²) in [6.45, 7) is 1.42. The minimum atomic E-state index is -0.372. The molecule has 0 atom stereocenters. The summed E-state index contributed by atoms with van der Waals surface area (Å²) in [6.07, 6.45) is 3.27. The number of amides is 1. The van der Waals surface area contributed by atoms with Crippen molar-refractivity contribution in [3.8, 4) is 0 Å². The van der Waals surface area contributed by atoms with E-state index in [0.29, 0.717) is 22.4 Å². The fourth-order valence-electron chi connectivity index (χ4n) is 3.43. The lowest BCUT2D eigenvalue weighted by Crippen LogP contribution is -2.40. The minimum absolute atomic E-state index is 0.0382. The molecule has 1 heterocycles. The van der Waals surface area contributed by atoms with E-state index in [1.165, 1.54) is 6.92 Å². The number of pyridine rings is 1. The zero-order valence-electron chi connectivity index (χ0n) is 15.6. The second-order valence-electron chi connectivity index (χ2n) is 6.80. The number of hydrogen-bond acceptors (Lipinski definition) is 4. The Morgan fingerprint density at radius 2 is 1.55 bits per heavy atom. The second kappa shape index (κ2) is 7.24. The Balaban J connectivity index is 1.63. The molecule has 0 bridgehead atoms. The van der Waals surface area contributed by atoms with Crippen LogP contribution >= 0.6 is 0 Å². The molecule has 1 aromatic heterocycles. The Kier molecular flexibility index (Phi) is 4.60. The molecule has 29 heavy (non-hydrogen) atoms. The third-order valence-corrected chi connectivity index (χ3v) is 4.82. The largest absolute Gasteiger partial charge is 0.320 e. The number of carbonyl (C=O) groups is 4. The van der Waals surface area contributed by atoms with Gasteiger partial charge in [0.15, 0.2) is 29.7 Å². The molecule has 0 radical (unpaired) electrons. The first-order valence-corrected chi connectivity index (χ1v) is 9.07. The summed E-state index contributed by atoms with van der Waals surface area (Å²) >= 11 is 0. The zero-order valence-corrected chi connectivity index (χ0v) is 15.6. The van der Waals surface area contributed by atoms with Crippen molar-refractivity contribution in [2.45, 2.75) is 13.5 Å². The molecule has 0 aliphatic heterocycles. The molecule has 1 aliphatic rings. The van der Waals surface area contributed by atoms with Gasteiger partial charge in [0.05, 0.1) is 16.8 Å². The molecule has 2 aromatic carbocycles. The van der Waals surface area contributed by atoms with Crippen LogP contribution in [-0.2, 0) is 11.3 Å². The van der Waals surface area contributed by atoms with Gasteiger partial charge in [0.1, 0.15) is 0 Å². The van der Waals surface area contributed by atoms with Gasteiger partial charge in [-0.25, -0.2) is 0 Å². The number of hydrogen-bond donors (Lipinski definition) is 1. The maximum absolute atomic E-state index is 13.0. The third-order valence-electron chi connectivity index (χ3n) is 4.82. The molecule has 0 spiro atoms. The lowest BCUT2D eigenvalue weighted by molar-refractivity contribution is -0.684. The molecule has 4 rings (SSSR count). The number of rotatable bonds is 4. The van der Waals surface area contributed by atoms with Crippen LogP contribution in [0.1, 0.15) is 49.1 Å². The van der Waals surface area contributed by atoms with Crippen molar-refractivity contribution in [3.05, 3.63) is 94.8 Å². The fraction of sp³-hybridized carbons (Fsp3) is 0.0870. The number of Topliss-reactive ketones (excluding diaryl/α,β-unsaturated/α-hetero) is 1. The van der Waals surface area contributed by atoms with Gasteiger partial charge in [-0.05, 0) is 19.1 Å². The Labute approximate surface area is 166 Å². The summed E-state index contributed by atoms with van der Waals surface area (Å²) in [5, 5.41) is 2.73. The number of benzene rings is 2. The number of nitrogens with zero attached hydrogens (tertiary/aromatic N) is 1. The number of nitrogens with one attached hydrogen (secondary N) is 1. The van der Waals surface area contributed by atoms with Crippen molar-refractivity contribution < 1.29 is 23.7 Å². The first-order chi connectivity index (χ1) is 14.0. The highest BCUT2D eigenvalue weighted by molar-refractivity contribution is 6.30. The van der Waals surface area contributed by atoms with E-state index in [2.05, 4.69) is 5.32 Å². The average Bonchev–Trinajstić information content (AvgIpc) is 2.72. The minimum Gasteiger partial charge on any atom is -0.320 e. The summed E-state index contributed by atoms with van der Waals surface area (Å²) in [6, 6.07) is 14.8. The van der Waals surface area contributed by atoms with Crippen molar-refractivity contribution in [2.75, 3.05) is 5.32 Å². The molecule has 0 unspecified atom stereocenters. The van der Waals surface area contributed by atoms with Crippen molar-refractivity contribution in [3.63, 3.8) is 0 Å². The normalized spacial score (nSPS) is 12.2. The fourth-order valence-corrected chi connectivity index (χ4v) is 3.43. The van der Waals surface area contributed by atoms with Crippen LogP contribution in [0, 0.1) is 0 Å². The number of aromatic nitrogens is 1. The van der Waals surface area contributed by atoms with Crippen molar-refractivity contribution in [1.29, 1.82) is 0 Å². The highest BCUT2D eigenvalue weighted by atomic mass is 16.2. The number of fused-ring (bicyclic) bond motifs is 2. The van der Waals surface area contributed by atoms with E-state index >= 15 is 0 Å². The van der Waals surface area contributed by atoms with E-state index in [1.807, 2.05) is 0 Å². The van der Waals surface area contributed by atoms with E-state index in [-0.39, 0.29) is 40.9 Å². The summed E-state index contributed by atoms with van der Waals surface area (Å²) < 4.78 is 1.59. The number of ketones is 3. The average molecular weight is 385 g/mol. The molecule has 1 N–H and O–H groups in total. The molecule has 0 fully saturated rings. The summed E-state index contributed by atoms with van der Waals surface area (Å²) in [5.41, 5.74) is 1.96. The Morgan fingerprint density at radius 1 is 0.862 bits per heavy atom. The Morgan fingerprint density at radius 3 is 2.28 bits per heavy atom. The quantitative estimate of drug-likeness (QED) is 0.432. The van der Waals surface area contributed by atoms with E-state index in [1.54, 1.807) is 71.6 Å². The number of carbonyl (C=O) groups excluding carboxylic acids is 4. The molecule has 3 aromatic rings. The van der Waals surface area contributed by atoms with Crippen LogP contribution in [0.25, 0.3) is 0 Å². The van der Waals surface area contributed by atoms with Gasteiger partial charge in [0.2, 0.25) is 6.54 Å². The van der Waals surface area contributed by atoms with Crippen LogP contribution in [0.2, 0.25) is 0 Å². The third kappa shape index (κ3) is 3.36. The summed E-state index contributed by atoms with van der Waals surface area (Å²) in [7, 11) is 0. The van der Waals surface area contributed by atoms with Crippen LogP contribution in [-0.4, -0.2) is 23.3 Å². The standard InChI is InChI=1S/C23H16N2O4/c1-14(26)15-6-5-11-25(12-15)13-20(27)24-19-10-4-9-18-21(19)23(29)17-8-3-2-7-16(17)22(18)28/h2-12H,13H2,1H3/p+1. The van der Waals surface area contributed by atoms with E-state index in [0.717, 1.165) is 0 Å². The lowest BCUT2D eigenvalue weighted by atomic mass is 9.83. The molecule has 142 valence electrons. The van der Waals surface area contributed by atoms with Gasteiger partial charge < -0.3 is 5.32 Å². The van der Waals surface area contributed by atoms with Gasteiger partial charge in [-0.2, -0.15) is 4.57 Å². The first-order valence-electron chi connectivity index (χ1n) is 9.07. The van der Waals surface area contributed by atoms with Gasteiger partial charge in [0, 0.05) is 22.8 Å². The van der Waals surface area contributed by atoms with Gasteiger partial charge in [-0.1, -0.05) is 36.4 Å². The van der Waals surface area contributed by atoms with Gasteiger partial charge >= 0.3 is 0 Å². The smallest absolute Gasteiger partial charge is 0.290 e. The van der Waals surface area contributed by atoms with Crippen LogP contribution < -0.4 is 9.88 Å². The van der Waals surface area contributed by atoms with Crippen molar-refractivity contribution >= 4 is 28.9 Å². The van der Waals surface area contributed by atoms with Crippen LogP contribution in [0.5, 0.6) is 0 Å². The molecular weight excluding hydrogens is 368 g/mol. The molecule has 0 saturated heterocycles. The predicted octanol–water partition coefficient (Wildman–Crippen LogP) is 2.59. The molecule has 6 nitrogen and oxygen atoms in total. The maximum Gasteiger partial charge on any atom is 0.290 e.